The number of carbonyl (C=O) groups is 2. The van der Waals surface area contributed by atoms with Gasteiger partial charge in [0.05, 0.1) is 12.5 Å². The summed E-state index contributed by atoms with van der Waals surface area (Å²) < 4.78 is 18.0. The highest BCUT2D eigenvalue weighted by molar-refractivity contribution is 5.77. The van der Waals surface area contributed by atoms with E-state index in [-0.39, 0.29) is 25.0 Å². The molecule has 1 saturated heterocycles. The van der Waals surface area contributed by atoms with E-state index in [1.54, 1.807) is 0 Å². The molecule has 1 aliphatic rings. The fourth-order valence-electron chi connectivity index (χ4n) is 2.12. The zero-order chi connectivity index (χ0) is 15.2. The largest absolute Gasteiger partial charge is 0.492 e. The van der Waals surface area contributed by atoms with Gasteiger partial charge in [-0.3, -0.25) is 4.79 Å². The number of nitrogens with one attached hydrogen (secondary N) is 1. The van der Waals surface area contributed by atoms with E-state index in [1.807, 2.05) is 0 Å². The standard InChI is InChI=1S/C14H17FN2O4/c15-11-1-3-12(4-2-11)21-8-6-16-14(20)17-7-5-10(9-17)13(18)19/h1-4,10H,5-9H2,(H,16,20)(H,18,19). The number of hydrogen-bond acceptors (Lipinski definition) is 3. The highest BCUT2D eigenvalue weighted by Crippen LogP contribution is 2.16. The molecule has 2 N–H and O–H groups in total. The third-order valence-electron chi connectivity index (χ3n) is 3.29. The van der Waals surface area contributed by atoms with Crippen LogP contribution in [0.25, 0.3) is 0 Å². The number of aliphatic carboxylic acids is 1. The van der Waals surface area contributed by atoms with Crippen LogP contribution in [0.15, 0.2) is 24.3 Å². The maximum atomic E-state index is 12.7. The number of hydrogen-bond donors (Lipinski definition) is 2. The second-order valence-corrected chi connectivity index (χ2v) is 4.80. The molecule has 7 heteroatoms. The van der Waals surface area contributed by atoms with Crippen molar-refractivity contribution in [3.63, 3.8) is 0 Å². The van der Waals surface area contributed by atoms with E-state index in [0.29, 0.717) is 25.3 Å². The summed E-state index contributed by atoms with van der Waals surface area (Å²) in [7, 11) is 0. The third kappa shape index (κ3) is 4.34. The molecule has 1 aromatic carbocycles. The van der Waals surface area contributed by atoms with E-state index in [2.05, 4.69) is 5.32 Å². The predicted molar refractivity (Wildman–Crippen MR) is 72.6 cm³/mol. The summed E-state index contributed by atoms with van der Waals surface area (Å²) in [6.07, 6.45) is 0.481. The Labute approximate surface area is 121 Å². The number of amides is 2. The summed E-state index contributed by atoms with van der Waals surface area (Å²) in [5.41, 5.74) is 0. The molecule has 1 aromatic rings. The molecule has 0 aromatic heterocycles. The molecule has 2 amide bonds. The first kappa shape index (κ1) is 15.1. The number of halogens is 1. The molecule has 1 atom stereocenters. The lowest BCUT2D eigenvalue weighted by Crippen LogP contribution is -2.40. The second kappa shape index (κ2) is 6.92. The molecule has 0 spiro atoms. The third-order valence-corrected chi connectivity index (χ3v) is 3.29. The SMILES string of the molecule is O=C(O)C1CCN(C(=O)NCCOc2ccc(F)cc2)C1. The van der Waals surface area contributed by atoms with Gasteiger partial charge in [-0.2, -0.15) is 0 Å². The predicted octanol–water partition coefficient (Wildman–Crippen LogP) is 1.32. The molecule has 1 heterocycles. The summed E-state index contributed by atoms with van der Waals surface area (Å²) in [5.74, 6) is -1.16. The normalized spacial score (nSPS) is 17.6. The Morgan fingerprint density at radius 3 is 2.71 bits per heavy atom. The van der Waals surface area contributed by atoms with Gasteiger partial charge in [-0.15, -0.1) is 0 Å². The minimum Gasteiger partial charge on any atom is -0.492 e. The Morgan fingerprint density at radius 1 is 1.38 bits per heavy atom. The first-order chi connectivity index (χ1) is 10.1. The van der Waals surface area contributed by atoms with Crippen molar-refractivity contribution in [2.24, 2.45) is 5.92 Å². The number of benzene rings is 1. The van der Waals surface area contributed by atoms with E-state index in [0.717, 1.165) is 0 Å². The Hall–Kier alpha value is -2.31. The average Bonchev–Trinajstić information content (AvgIpc) is 2.95. The van der Waals surface area contributed by atoms with E-state index < -0.39 is 11.9 Å². The summed E-state index contributed by atoms with van der Waals surface area (Å²) in [4.78, 5) is 24.1. The van der Waals surface area contributed by atoms with Gasteiger partial charge in [-0.1, -0.05) is 0 Å². The van der Waals surface area contributed by atoms with Crippen molar-refractivity contribution in [1.82, 2.24) is 10.2 Å². The average molecular weight is 296 g/mol. The Kier molecular flexibility index (Phi) is 4.97. The Bertz CT molecular complexity index is 506. The van der Waals surface area contributed by atoms with Gasteiger partial charge in [0.25, 0.3) is 0 Å². The van der Waals surface area contributed by atoms with E-state index >= 15 is 0 Å². The number of rotatable bonds is 5. The van der Waals surface area contributed by atoms with Gasteiger partial charge in [-0.25, -0.2) is 9.18 Å². The second-order valence-electron chi connectivity index (χ2n) is 4.80. The fourth-order valence-corrected chi connectivity index (χ4v) is 2.12. The van der Waals surface area contributed by atoms with Crippen molar-refractivity contribution in [3.05, 3.63) is 30.1 Å². The summed E-state index contributed by atoms with van der Waals surface area (Å²) in [6, 6.07) is 5.32. The highest BCUT2D eigenvalue weighted by Gasteiger charge is 2.30. The molecule has 6 nitrogen and oxygen atoms in total. The van der Waals surface area contributed by atoms with Crippen LogP contribution in [0.1, 0.15) is 6.42 Å². The van der Waals surface area contributed by atoms with E-state index in [1.165, 1.54) is 29.2 Å². The number of carboxylic acid groups (broad SMARTS) is 1. The maximum absolute atomic E-state index is 12.7. The number of ether oxygens (including phenoxy) is 1. The molecule has 0 aliphatic carbocycles. The number of carbonyl (C=O) groups excluding carboxylic acids is 1. The van der Waals surface area contributed by atoms with Gasteiger partial charge < -0.3 is 20.1 Å². The van der Waals surface area contributed by atoms with Crippen LogP contribution in [0.5, 0.6) is 5.75 Å². The number of nitrogens with zero attached hydrogens (tertiary/aromatic N) is 1. The van der Waals surface area contributed by atoms with Crippen LogP contribution in [0, 0.1) is 11.7 Å². The molecular weight excluding hydrogens is 279 g/mol. The lowest BCUT2D eigenvalue weighted by molar-refractivity contribution is -0.141. The summed E-state index contributed by atoms with van der Waals surface area (Å²) in [5, 5.41) is 11.5. The van der Waals surface area contributed by atoms with E-state index in [9.17, 15) is 14.0 Å². The van der Waals surface area contributed by atoms with Gasteiger partial charge in [0.2, 0.25) is 0 Å². The first-order valence-electron chi connectivity index (χ1n) is 6.70. The zero-order valence-electron chi connectivity index (χ0n) is 11.4. The van der Waals surface area contributed by atoms with E-state index in [4.69, 9.17) is 9.84 Å². The number of urea groups is 1. The topological polar surface area (TPSA) is 78.9 Å². The molecule has 1 fully saturated rings. The molecule has 21 heavy (non-hydrogen) atoms. The van der Waals surface area contributed by atoms with Gasteiger partial charge in [-0.05, 0) is 30.7 Å². The molecule has 1 aliphatic heterocycles. The molecule has 0 radical (unpaired) electrons. The molecule has 2 rings (SSSR count). The fraction of sp³-hybridized carbons (Fsp3) is 0.429. The molecule has 0 saturated carbocycles. The van der Waals surface area contributed by atoms with Crippen LogP contribution in [-0.2, 0) is 4.79 Å². The quantitative estimate of drug-likeness (QED) is 0.803. The van der Waals surface area contributed by atoms with Gasteiger partial charge in [0.1, 0.15) is 18.2 Å². The van der Waals surface area contributed by atoms with Crippen molar-refractivity contribution < 1.29 is 23.8 Å². The van der Waals surface area contributed by atoms with Crippen molar-refractivity contribution in [1.29, 1.82) is 0 Å². The number of carboxylic acids is 1. The molecular formula is C14H17FN2O4. The van der Waals surface area contributed by atoms with Crippen LogP contribution < -0.4 is 10.1 Å². The number of likely N-dealkylation sites (tertiary alicyclic amines) is 1. The van der Waals surface area contributed by atoms with Crippen LogP contribution in [0.2, 0.25) is 0 Å². The maximum Gasteiger partial charge on any atom is 0.317 e. The van der Waals surface area contributed by atoms with Crippen LogP contribution in [0.4, 0.5) is 9.18 Å². The van der Waals surface area contributed by atoms with Gasteiger partial charge >= 0.3 is 12.0 Å². The molecule has 1 unspecified atom stereocenters. The Balaban J connectivity index is 1.66. The lowest BCUT2D eigenvalue weighted by atomic mass is 10.1. The van der Waals surface area contributed by atoms with Gasteiger partial charge in [0.15, 0.2) is 0 Å². The molecule has 114 valence electrons. The van der Waals surface area contributed by atoms with Crippen molar-refractivity contribution in [2.45, 2.75) is 6.42 Å². The van der Waals surface area contributed by atoms with Crippen LogP contribution in [-0.4, -0.2) is 48.2 Å². The van der Waals surface area contributed by atoms with Crippen LogP contribution >= 0.6 is 0 Å². The Morgan fingerprint density at radius 2 is 2.10 bits per heavy atom. The minimum absolute atomic E-state index is 0.236. The summed E-state index contributed by atoms with van der Waals surface area (Å²) in [6.45, 7) is 1.24. The van der Waals surface area contributed by atoms with Crippen molar-refractivity contribution in [2.75, 3.05) is 26.2 Å². The highest BCUT2D eigenvalue weighted by atomic mass is 19.1. The molecule has 0 bridgehead atoms. The van der Waals surface area contributed by atoms with Crippen molar-refractivity contribution >= 4 is 12.0 Å². The smallest absolute Gasteiger partial charge is 0.317 e. The lowest BCUT2D eigenvalue weighted by Gasteiger charge is -2.16. The monoisotopic (exact) mass is 296 g/mol. The van der Waals surface area contributed by atoms with Gasteiger partial charge in [0, 0.05) is 13.1 Å². The first-order valence-corrected chi connectivity index (χ1v) is 6.70. The zero-order valence-corrected chi connectivity index (χ0v) is 11.4. The minimum atomic E-state index is -0.870. The van der Waals surface area contributed by atoms with Crippen LogP contribution in [0.3, 0.4) is 0 Å². The summed E-state index contributed by atoms with van der Waals surface area (Å²) >= 11 is 0. The van der Waals surface area contributed by atoms with Crippen molar-refractivity contribution in [3.8, 4) is 5.75 Å².